The highest BCUT2D eigenvalue weighted by Crippen LogP contribution is 2.44. The van der Waals surface area contributed by atoms with E-state index in [2.05, 4.69) is 0 Å². The molecular weight excluding hydrogens is 458 g/mol. The Bertz CT molecular complexity index is 1090. The van der Waals surface area contributed by atoms with E-state index in [-0.39, 0.29) is 25.0 Å². The van der Waals surface area contributed by atoms with Crippen LogP contribution in [0.25, 0.3) is 11.1 Å². The van der Waals surface area contributed by atoms with Crippen molar-refractivity contribution in [2.75, 3.05) is 19.7 Å². The number of carboxylic acids is 1. The van der Waals surface area contributed by atoms with Crippen molar-refractivity contribution in [2.24, 2.45) is 11.8 Å². The number of rotatable bonds is 6. The normalized spacial score (nSPS) is 21.7. The number of fused-ring (bicyclic) bond motifs is 3. The maximum absolute atomic E-state index is 14.7. The molecule has 1 fully saturated rings. The molecule has 2 aromatic rings. The Morgan fingerprint density at radius 2 is 1.63 bits per heavy atom. The number of hydrogen-bond donors (Lipinski definition) is 2. The fourth-order valence-corrected chi connectivity index (χ4v) is 5.30. The summed E-state index contributed by atoms with van der Waals surface area (Å²) in [6, 6.07) is 14.1. The van der Waals surface area contributed by atoms with Crippen molar-refractivity contribution < 1.29 is 33.0 Å². The van der Waals surface area contributed by atoms with Crippen LogP contribution in [0.2, 0.25) is 0 Å². The summed E-state index contributed by atoms with van der Waals surface area (Å²) in [6.07, 6.45) is -0.556. The zero-order valence-corrected chi connectivity index (χ0v) is 19.5. The molecule has 0 aromatic heterocycles. The van der Waals surface area contributed by atoms with E-state index in [1.165, 1.54) is 0 Å². The minimum absolute atomic E-state index is 0.0539. The summed E-state index contributed by atoms with van der Waals surface area (Å²) in [5.41, 5.74) is 4.03. The lowest BCUT2D eigenvalue weighted by Gasteiger charge is -2.41. The maximum atomic E-state index is 14.7. The van der Waals surface area contributed by atoms with Gasteiger partial charge < -0.3 is 20.1 Å². The predicted octanol–water partition coefficient (Wildman–Crippen LogP) is 4.12. The van der Waals surface area contributed by atoms with Gasteiger partial charge in [-0.05, 0) is 40.5 Å². The fraction of sp³-hybridized carbons (Fsp3) is 0.423. The van der Waals surface area contributed by atoms with Gasteiger partial charge in [-0.25, -0.2) is 9.59 Å². The minimum Gasteiger partial charge on any atom is -0.480 e. The lowest BCUT2D eigenvalue weighted by molar-refractivity contribution is -0.170. The van der Waals surface area contributed by atoms with Gasteiger partial charge in [-0.3, -0.25) is 4.79 Å². The first-order valence-electron chi connectivity index (χ1n) is 11.6. The molecule has 186 valence electrons. The van der Waals surface area contributed by atoms with Crippen LogP contribution in [0.15, 0.2) is 48.5 Å². The summed E-state index contributed by atoms with van der Waals surface area (Å²) in [4.78, 5) is 37.2. The quantitative estimate of drug-likeness (QED) is 0.641. The van der Waals surface area contributed by atoms with E-state index < -0.39 is 42.4 Å². The monoisotopic (exact) mass is 486 g/mol. The number of alkyl carbamates (subject to hydrolysis) is 1. The van der Waals surface area contributed by atoms with Crippen molar-refractivity contribution in [3.05, 3.63) is 59.7 Å². The number of likely N-dealkylation sites (tertiary alicyclic amines) is 1. The van der Waals surface area contributed by atoms with Crippen LogP contribution in [-0.2, 0) is 14.3 Å². The van der Waals surface area contributed by atoms with Gasteiger partial charge in [0, 0.05) is 12.5 Å². The molecule has 1 aliphatic heterocycles. The van der Waals surface area contributed by atoms with Gasteiger partial charge in [-0.15, -0.1) is 0 Å². The molecule has 0 radical (unpaired) electrons. The van der Waals surface area contributed by atoms with Crippen molar-refractivity contribution in [3.63, 3.8) is 0 Å². The molecule has 7 nitrogen and oxygen atoms in total. The third-order valence-corrected chi connectivity index (χ3v) is 6.78. The number of carboxylic acid groups (broad SMARTS) is 1. The first-order chi connectivity index (χ1) is 16.6. The van der Waals surface area contributed by atoms with Gasteiger partial charge >= 0.3 is 18.0 Å². The predicted molar refractivity (Wildman–Crippen MR) is 124 cm³/mol. The van der Waals surface area contributed by atoms with Crippen molar-refractivity contribution in [1.82, 2.24) is 10.2 Å². The SMILES string of the molecule is CC1CC(C)C(C(=O)O)N(C(=O)C(F)(F)CNC(=O)OCC2c3ccccc3-c3ccccc32)C1. The van der Waals surface area contributed by atoms with E-state index >= 15 is 0 Å². The summed E-state index contributed by atoms with van der Waals surface area (Å²) in [6.45, 7) is 1.99. The van der Waals surface area contributed by atoms with E-state index in [1.54, 1.807) is 13.8 Å². The number of ether oxygens (including phenoxy) is 1. The van der Waals surface area contributed by atoms with Gasteiger partial charge in [-0.1, -0.05) is 62.4 Å². The topological polar surface area (TPSA) is 95.9 Å². The number of nitrogens with zero attached hydrogens (tertiary/aromatic N) is 1. The molecular formula is C26H28F2N2O5. The molecule has 4 rings (SSSR count). The third kappa shape index (κ3) is 4.85. The average Bonchev–Trinajstić information content (AvgIpc) is 3.14. The highest BCUT2D eigenvalue weighted by atomic mass is 19.3. The number of hydrogen-bond acceptors (Lipinski definition) is 4. The molecule has 1 aliphatic carbocycles. The number of carbonyl (C=O) groups is 3. The number of halogens is 2. The number of aliphatic carboxylic acids is 1. The van der Waals surface area contributed by atoms with Crippen LogP contribution in [0, 0.1) is 11.8 Å². The molecule has 1 heterocycles. The van der Waals surface area contributed by atoms with Crippen LogP contribution in [-0.4, -0.2) is 59.6 Å². The van der Waals surface area contributed by atoms with Gasteiger partial charge in [0.1, 0.15) is 12.6 Å². The van der Waals surface area contributed by atoms with E-state index in [0.29, 0.717) is 6.42 Å². The van der Waals surface area contributed by atoms with Crippen molar-refractivity contribution in [3.8, 4) is 11.1 Å². The molecule has 9 heteroatoms. The fourth-order valence-electron chi connectivity index (χ4n) is 5.30. The Hall–Kier alpha value is -3.49. The van der Waals surface area contributed by atoms with E-state index in [1.807, 2.05) is 53.8 Å². The molecule has 2 amide bonds. The van der Waals surface area contributed by atoms with Crippen molar-refractivity contribution in [2.45, 2.75) is 38.2 Å². The number of benzene rings is 2. The second kappa shape index (κ2) is 9.64. The molecule has 3 atom stereocenters. The number of amides is 2. The van der Waals surface area contributed by atoms with Crippen molar-refractivity contribution in [1.29, 1.82) is 0 Å². The zero-order chi connectivity index (χ0) is 25.3. The smallest absolute Gasteiger partial charge is 0.407 e. The summed E-state index contributed by atoms with van der Waals surface area (Å²) in [7, 11) is 0. The Morgan fingerprint density at radius 3 is 2.20 bits per heavy atom. The van der Waals surface area contributed by atoms with Crippen LogP contribution in [0.3, 0.4) is 0 Å². The van der Waals surface area contributed by atoms with Crippen LogP contribution >= 0.6 is 0 Å². The van der Waals surface area contributed by atoms with Gasteiger partial charge in [0.05, 0.1) is 6.54 Å². The van der Waals surface area contributed by atoms with E-state index in [0.717, 1.165) is 27.2 Å². The van der Waals surface area contributed by atoms with Crippen LogP contribution in [0.1, 0.15) is 37.3 Å². The van der Waals surface area contributed by atoms with Crippen molar-refractivity contribution >= 4 is 18.0 Å². The molecule has 0 bridgehead atoms. The molecule has 2 aliphatic rings. The summed E-state index contributed by atoms with van der Waals surface area (Å²) < 4.78 is 34.7. The largest absolute Gasteiger partial charge is 0.480 e. The van der Waals surface area contributed by atoms with Gasteiger partial charge in [0.2, 0.25) is 0 Å². The van der Waals surface area contributed by atoms with Gasteiger partial charge in [-0.2, -0.15) is 8.78 Å². The Balaban J connectivity index is 1.38. The number of piperidine rings is 1. The molecule has 2 N–H and O–H groups in total. The Morgan fingerprint density at radius 1 is 1.06 bits per heavy atom. The number of alkyl halides is 2. The zero-order valence-electron chi connectivity index (χ0n) is 19.5. The highest BCUT2D eigenvalue weighted by Gasteiger charge is 2.49. The van der Waals surface area contributed by atoms with Crippen LogP contribution < -0.4 is 5.32 Å². The van der Waals surface area contributed by atoms with Gasteiger partial charge in [0.25, 0.3) is 5.91 Å². The molecule has 3 unspecified atom stereocenters. The lowest BCUT2D eigenvalue weighted by atomic mass is 9.84. The molecule has 0 spiro atoms. The summed E-state index contributed by atoms with van der Waals surface area (Å²) in [5.74, 6) is -7.72. The van der Waals surface area contributed by atoms with E-state index in [4.69, 9.17) is 4.74 Å². The third-order valence-electron chi connectivity index (χ3n) is 6.78. The van der Waals surface area contributed by atoms with Crippen LogP contribution in [0.4, 0.5) is 13.6 Å². The molecule has 35 heavy (non-hydrogen) atoms. The Labute approximate surface area is 202 Å². The molecule has 1 saturated heterocycles. The summed E-state index contributed by atoms with van der Waals surface area (Å²) in [5, 5.41) is 11.5. The first kappa shape index (κ1) is 24.6. The standard InChI is InChI=1S/C26H28F2N2O5/c1-15-11-16(2)22(23(31)32)30(12-15)24(33)26(27,28)14-29-25(34)35-13-21-19-9-5-3-7-17(19)18-8-4-6-10-20(18)21/h3-10,15-16,21-22H,11-14H2,1-2H3,(H,29,34)(H,31,32). The molecule has 2 aromatic carbocycles. The first-order valence-corrected chi connectivity index (χ1v) is 11.6. The second-order valence-corrected chi connectivity index (χ2v) is 9.44. The molecule has 0 saturated carbocycles. The average molecular weight is 487 g/mol. The maximum Gasteiger partial charge on any atom is 0.407 e. The number of nitrogens with one attached hydrogen (secondary N) is 1. The summed E-state index contributed by atoms with van der Waals surface area (Å²) >= 11 is 0. The second-order valence-electron chi connectivity index (χ2n) is 9.44. The van der Waals surface area contributed by atoms with Gasteiger partial charge in [0.15, 0.2) is 0 Å². The lowest BCUT2D eigenvalue weighted by Crippen LogP contribution is -2.60. The number of carbonyl (C=O) groups excluding carboxylic acids is 2. The Kier molecular flexibility index (Phi) is 6.78. The van der Waals surface area contributed by atoms with Crippen LogP contribution in [0.5, 0.6) is 0 Å². The van der Waals surface area contributed by atoms with E-state index in [9.17, 15) is 28.3 Å². The minimum atomic E-state index is -3.98. The highest BCUT2D eigenvalue weighted by molar-refractivity contribution is 5.89.